The van der Waals surface area contributed by atoms with Gasteiger partial charge in [-0.05, 0) is 66.3 Å². The number of benzene rings is 2. The molecule has 2 aromatic carbocycles. The third kappa shape index (κ3) is 10.6. The number of nitrogens with one attached hydrogen (secondary N) is 1. The molecule has 0 aliphatic heterocycles. The van der Waals surface area contributed by atoms with Crippen molar-refractivity contribution in [2.75, 3.05) is 13.2 Å². The first-order valence-corrected chi connectivity index (χ1v) is 12.9. The number of amidine groups is 1. The molecule has 1 unspecified atom stereocenters. The molecular formula is C29H33ClN4O4. The second kappa shape index (κ2) is 15.4. The van der Waals surface area contributed by atoms with Crippen LogP contribution in [0.5, 0.6) is 5.75 Å². The molecule has 0 aliphatic rings. The molecular weight excluding hydrogens is 504 g/mol. The van der Waals surface area contributed by atoms with Gasteiger partial charge in [-0.1, -0.05) is 41.9 Å². The highest BCUT2D eigenvalue weighted by Gasteiger charge is 2.19. The average molecular weight is 537 g/mol. The van der Waals surface area contributed by atoms with Crippen molar-refractivity contribution in [2.24, 2.45) is 10.7 Å². The number of aromatic nitrogens is 1. The zero-order chi connectivity index (χ0) is 27.2. The number of amides is 1. The van der Waals surface area contributed by atoms with Gasteiger partial charge in [0.25, 0.3) is 0 Å². The van der Waals surface area contributed by atoms with Gasteiger partial charge in [0.05, 0.1) is 12.4 Å². The van der Waals surface area contributed by atoms with E-state index in [0.717, 1.165) is 16.7 Å². The quantitative estimate of drug-likeness (QED) is 0.151. The minimum Gasteiger partial charge on any atom is -0.494 e. The molecule has 1 amide bonds. The van der Waals surface area contributed by atoms with E-state index in [4.69, 9.17) is 27.2 Å². The van der Waals surface area contributed by atoms with Gasteiger partial charge in [0.1, 0.15) is 11.8 Å². The van der Waals surface area contributed by atoms with Gasteiger partial charge < -0.3 is 20.9 Å². The number of rotatable bonds is 15. The highest BCUT2D eigenvalue weighted by atomic mass is 35.5. The molecule has 1 atom stereocenters. The van der Waals surface area contributed by atoms with Crippen molar-refractivity contribution in [1.29, 1.82) is 0 Å². The van der Waals surface area contributed by atoms with Crippen LogP contribution in [0.25, 0.3) is 0 Å². The second-order valence-electron chi connectivity index (χ2n) is 8.86. The number of halogens is 1. The topological polar surface area (TPSA) is 127 Å². The van der Waals surface area contributed by atoms with Crippen molar-refractivity contribution < 1.29 is 19.4 Å². The molecule has 8 nitrogen and oxygen atoms in total. The van der Waals surface area contributed by atoms with Gasteiger partial charge in [-0.15, -0.1) is 0 Å². The summed E-state index contributed by atoms with van der Waals surface area (Å²) < 4.78 is 5.60. The fourth-order valence-corrected chi connectivity index (χ4v) is 3.99. The van der Waals surface area contributed by atoms with Crippen molar-refractivity contribution in [3.8, 4) is 5.75 Å². The van der Waals surface area contributed by atoms with Crippen molar-refractivity contribution in [1.82, 2.24) is 10.3 Å². The van der Waals surface area contributed by atoms with Crippen molar-refractivity contribution in [2.45, 2.75) is 44.6 Å². The van der Waals surface area contributed by atoms with Crippen molar-refractivity contribution in [3.63, 3.8) is 0 Å². The summed E-state index contributed by atoms with van der Waals surface area (Å²) in [5.41, 5.74) is 9.22. The van der Waals surface area contributed by atoms with Crippen LogP contribution < -0.4 is 15.8 Å². The minimum absolute atomic E-state index is 0.0619. The average Bonchev–Trinajstić information content (AvgIpc) is 2.91. The number of aryl methyl sites for hydroxylation is 1. The molecule has 1 heterocycles. The number of hydrogen-bond acceptors (Lipinski definition) is 5. The number of pyridine rings is 1. The van der Waals surface area contributed by atoms with Crippen LogP contribution in [0.1, 0.15) is 36.0 Å². The lowest BCUT2D eigenvalue weighted by molar-refractivity contribution is -0.137. The van der Waals surface area contributed by atoms with E-state index in [0.29, 0.717) is 61.9 Å². The fraction of sp³-hybridized carbons (Fsp3) is 0.310. The first kappa shape index (κ1) is 28.7. The Hall–Kier alpha value is -3.91. The maximum absolute atomic E-state index is 13.1. The van der Waals surface area contributed by atoms with E-state index in [1.54, 1.807) is 24.5 Å². The summed E-state index contributed by atoms with van der Waals surface area (Å²) in [6, 6.07) is 18.1. The van der Waals surface area contributed by atoms with Crippen LogP contribution in [-0.4, -0.2) is 47.0 Å². The van der Waals surface area contributed by atoms with Crippen LogP contribution >= 0.6 is 11.6 Å². The number of carbonyl (C=O) groups excluding carboxylic acids is 1. The Kier molecular flexibility index (Phi) is 11.6. The monoisotopic (exact) mass is 536 g/mol. The van der Waals surface area contributed by atoms with Gasteiger partial charge in [0.2, 0.25) is 5.91 Å². The highest BCUT2D eigenvalue weighted by Crippen LogP contribution is 2.16. The van der Waals surface area contributed by atoms with E-state index in [-0.39, 0.29) is 12.3 Å². The Balaban J connectivity index is 1.62. The van der Waals surface area contributed by atoms with Gasteiger partial charge in [0, 0.05) is 43.2 Å². The Bertz CT molecular complexity index is 1200. The summed E-state index contributed by atoms with van der Waals surface area (Å²) in [6.45, 7) is 0.769. The number of nitrogens with zero attached hydrogens (tertiary/aromatic N) is 2. The molecule has 0 radical (unpaired) electrons. The second-order valence-corrected chi connectivity index (χ2v) is 9.30. The third-order valence-corrected chi connectivity index (χ3v) is 6.01. The summed E-state index contributed by atoms with van der Waals surface area (Å²) >= 11 is 6.06. The number of ether oxygens (including phenoxy) is 1. The molecule has 3 rings (SSSR count). The van der Waals surface area contributed by atoms with Gasteiger partial charge in [-0.3, -0.25) is 19.6 Å². The number of nitrogens with two attached hydrogens (primary N) is 1. The van der Waals surface area contributed by atoms with Crippen molar-refractivity contribution in [3.05, 3.63) is 94.8 Å². The molecule has 0 spiro atoms. The summed E-state index contributed by atoms with van der Waals surface area (Å²) in [7, 11) is 0. The smallest absolute Gasteiger partial charge is 0.303 e. The van der Waals surface area contributed by atoms with Gasteiger partial charge in [-0.2, -0.15) is 0 Å². The lowest BCUT2D eigenvalue weighted by Crippen LogP contribution is -2.37. The van der Waals surface area contributed by atoms with Crippen LogP contribution in [-0.2, 0) is 28.9 Å². The Morgan fingerprint density at radius 1 is 1.03 bits per heavy atom. The summed E-state index contributed by atoms with van der Waals surface area (Å²) in [4.78, 5) is 32.5. The fourth-order valence-electron chi connectivity index (χ4n) is 3.78. The van der Waals surface area contributed by atoms with E-state index in [1.165, 1.54) is 0 Å². The summed E-state index contributed by atoms with van der Waals surface area (Å²) in [5.74, 6) is -0.00479. The lowest BCUT2D eigenvalue weighted by Gasteiger charge is -2.15. The first-order chi connectivity index (χ1) is 18.4. The van der Waals surface area contributed by atoms with Crippen LogP contribution in [0.15, 0.2) is 78.0 Å². The standard InChI is InChI=1S/C29H33ClN4O4/c30-24-6-1-4-21(18-24)14-16-33-29(37)26(34-27(31)13-10-23-5-2-15-32-20-23)19-22-8-11-25(12-9-22)38-17-3-7-28(35)36/h1-2,4-6,8-9,11-12,15,18,20,26H,3,7,10,13-14,16-17,19H2,(H2,31,34)(H,33,37)(H,35,36). The number of carboxylic acid groups (broad SMARTS) is 1. The number of carboxylic acids is 1. The molecule has 0 fully saturated rings. The maximum Gasteiger partial charge on any atom is 0.303 e. The molecule has 0 aliphatic carbocycles. The van der Waals surface area contributed by atoms with E-state index >= 15 is 0 Å². The molecule has 0 saturated heterocycles. The number of hydrogen-bond donors (Lipinski definition) is 3. The maximum atomic E-state index is 13.1. The summed E-state index contributed by atoms with van der Waals surface area (Å²) in [5, 5.41) is 12.4. The zero-order valence-corrected chi connectivity index (χ0v) is 21.9. The van der Waals surface area contributed by atoms with Crippen LogP contribution in [0, 0.1) is 0 Å². The molecule has 9 heteroatoms. The molecule has 4 N–H and O–H groups in total. The van der Waals surface area contributed by atoms with E-state index in [9.17, 15) is 9.59 Å². The largest absolute Gasteiger partial charge is 0.494 e. The Morgan fingerprint density at radius 2 is 1.82 bits per heavy atom. The predicted molar refractivity (Wildman–Crippen MR) is 149 cm³/mol. The molecule has 0 bridgehead atoms. The predicted octanol–water partition coefficient (Wildman–Crippen LogP) is 4.24. The number of carbonyl (C=O) groups is 2. The first-order valence-electron chi connectivity index (χ1n) is 12.6. The minimum atomic E-state index is -0.846. The highest BCUT2D eigenvalue weighted by molar-refractivity contribution is 6.30. The Morgan fingerprint density at radius 3 is 2.53 bits per heavy atom. The van der Waals surface area contributed by atoms with Gasteiger partial charge in [0.15, 0.2) is 0 Å². The van der Waals surface area contributed by atoms with Gasteiger partial charge >= 0.3 is 5.97 Å². The Labute approximate surface area is 227 Å². The van der Waals surface area contributed by atoms with Gasteiger partial charge in [-0.25, -0.2) is 0 Å². The number of aliphatic carboxylic acids is 1. The lowest BCUT2D eigenvalue weighted by atomic mass is 10.0. The van der Waals surface area contributed by atoms with Crippen LogP contribution in [0.4, 0.5) is 0 Å². The summed E-state index contributed by atoms with van der Waals surface area (Å²) in [6.07, 6.45) is 6.22. The molecule has 1 aromatic heterocycles. The number of aliphatic imine (C=N–C) groups is 1. The van der Waals surface area contributed by atoms with Crippen LogP contribution in [0.3, 0.4) is 0 Å². The zero-order valence-electron chi connectivity index (χ0n) is 21.2. The molecule has 0 saturated carbocycles. The normalized spacial score (nSPS) is 12.1. The molecule has 3 aromatic rings. The molecule has 200 valence electrons. The SMILES string of the molecule is NC(CCc1cccnc1)=NC(Cc1ccc(OCCCC(=O)O)cc1)C(=O)NCCc1cccc(Cl)c1. The van der Waals surface area contributed by atoms with E-state index in [1.807, 2.05) is 48.5 Å². The van der Waals surface area contributed by atoms with E-state index < -0.39 is 12.0 Å². The van der Waals surface area contributed by atoms with Crippen LogP contribution in [0.2, 0.25) is 5.02 Å². The van der Waals surface area contributed by atoms with E-state index in [2.05, 4.69) is 15.3 Å². The molecule has 38 heavy (non-hydrogen) atoms. The van der Waals surface area contributed by atoms with Crippen molar-refractivity contribution >= 4 is 29.3 Å². The third-order valence-electron chi connectivity index (χ3n) is 5.77.